The van der Waals surface area contributed by atoms with Crippen molar-refractivity contribution in [2.45, 2.75) is 38.8 Å². The van der Waals surface area contributed by atoms with Crippen LogP contribution >= 0.6 is 11.6 Å². The first-order chi connectivity index (χ1) is 14.6. The molecule has 3 aromatic rings. The number of ether oxygens (including phenoxy) is 2. The van der Waals surface area contributed by atoms with Crippen molar-refractivity contribution in [3.8, 4) is 17.0 Å². The van der Waals surface area contributed by atoms with Crippen LogP contribution in [0.15, 0.2) is 42.6 Å². The molecule has 0 aliphatic heterocycles. The van der Waals surface area contributed by atoms with Gasteiger partial charge in [0.1, 0.15) is 23.0 Å². The average molecular weight is 446 g/mol. The number of carboxylic acid groups (broad SMARTS) is 1. The maximum Gasteiger partial charge on any atom is 0.408 e. The molecule has 0 bridgehead atoms. The number of fused-ring (bicyclic) bond motifs is 1. The van der Waals surface area contributed by atoms with Crippen molar-refractivity contribution in [1.82, 2.24) is 14.7 Å². The number of carbonyl (C=O) groups excluding carboxylic acids is 1. The van der Waals surface area contributed by atoms with Crippen LogP contribution in [0.1, 0.15) is 26.5 Å². The van der Waals surface area contributed by atoms with E-state index >= 15 is 0 Å². The summed E-state index contributed by atoms with van der Waals surface area (Å²) in [5, 5.41) is 12.6. The number of methoxy groups -OCH3 is 1. The zero-order valence-corrected chi connectivity index (χ0v) is 18.4. The number of hydrogen-bond acceptors (Lipinski definition) is 5. The Balaban J connectivity index is 2.02. The molecule has 1 aromatic carbocycles. The van der Waals surface area contributed by atoms with E-state index in [2.05, 4.69) is 10.3 Å². The molecule has 8 nitrogen and oxygen atoms in total. The Morgan fingerprint density at radius 2 is 1.87 bits per heavy atom. The number of benzene rings is 1. The predicted molar refractivity (Wildman–Crippen MR) is 117 cm³/mol. The first-order valence-electron chi connectivity index (χ1n) is 9.60. The van der Waals surface area contributed by atoms with Crippen molar-refractivity contribution in [2.75, 3.05) is 7.11 Å². The second-order valence-electron chi connectivity index (χ2n) is 7.95. The van der Waals surface area contributed by atoms with E-state index in [0.29, 0.717) is 27.8 Å². The normalized spacial score (nSPS) is 12.4. The highest BCUT2D eigenvalue weighted by Gasteiger charge is 2.27. The van der Waals surface area contributed by atoms with E-state index in [9.17, 15) is 14.7 Å². The molecule has 1 atom stereocenters. The van der Waals surface area contributed by atoms with E-state index in [1.165, 1.54) is 0 Å². The summed E-state index contributed by atoms with van der Waals surface area (Å²) < 4.78 is 12.2. The number of rotatable bonds is 6. The fraction of sp³-hybridized carbons (Fsp3) is 0.318. The van der Waals surface area contributed by atoms with E-state index < -0.39 is 23.7 Å². The lowest BCUT2D eigenvalue weighted by atomic mass is 10.0. The van der Waals surface area contributed by atoms with Gasteiger partial charge in [0.15, 0.2) is 0 Å². The van der Waals surface area contributed by atoms with Crippen molar-refractivity contribution in [3.63, 3.8) is 0 Å². The Labute approximate surface area is 184 Å². The van der Waals surface area contributed by atoms with Gasteiger partial charge in [-0.05, 0) is 57.2 Å². The van der Waals surface area contributed by atoms with Crippen molar-refractivity contribution in [1.29, 1.82) is 0 Å². The highest BCUT2D eigenvalue weighted by molar-refractivity contribution is 6.30. The number of pyridine rings is 1. The number of aromatic nitrogens is 2. The van der Waals surface area contributed by atoms with E-state index in [1.54, 1.807) is 62.7 Å². The molecule has 31 heavy (non-hydrogen) atoms. The van der Waals surface area contributed by atoms with Crippen LogP contribution in [0.3, 0.4) is 0 Å². The molecule has 9 heteroatoms. The Morgan fingerprint density at radius 1 is 1.19 bits per heavy atom. The summed E-state index contributed by atoms with van der Waals surface area (Å²) in [6, 6.07) is 9.49. The molecule has 0 radical (unpaired) electrons. The first-order valence-corrected chi connectivity index (χ1v) is 9.98. The molecule has 0 fully saturated rings. The number of carbonyl (C=O) groups is 2. The van der Waals surface area contributed by atoms with E-state index in [4.69, 9.17) is 21.1 Å². The minimum Gasteiger partial charge on any atom is -0.497 e. The molecular formula is C22H24ClN3O5. The fourth-order valence-corrected chi connectivity index (χ4v) is 3.25. The second kappa shape index (κ2) is 8.85. The lowest BCUT2D eigenvalue weighted by Gasteiger charge is -2.22. The topological polar surface area (TPSA) is 102 Å². The van der Waals surface area contributed by atoms with Gasteiger partial charge in [-0.25, -0.2) is 14.6 Å². The van der Waals surface area contributed by atoms with Gasteiger partial charge in [0.2, 0.25) is 0 Å². The lowest BCUT2D eigenvalue weighted by molar-refractivity contribution is -0.139. The number of nitrogens with zero attached hydrogens (tertiary/aromatic N) is 2. The van der Waals surface area contributed by atoms with Gasteiger partial charge in [-0.2, -0.15) is 0 Å². The van der Waals surface area contributed by atoms with Gasteiger partial charge in [0.05, 0.1) is 23.5 Å². The minimum atomic E-state index is -1.23. The van der Waals surface area contributed by atoms with Gasteiger partial charge in [0, 0.05) is 18.2 Å². The van der Waals surface area contributed by atoms with Crippen molar-refractivity contribution >= 4 is 29.3 Å². The maximum atomic E-state index is 12.2. The van der Waals surface area contributed by atoms with E-state index in [0.717, 1.165) is 5.56 Å². The van der Waals surface area contributed by atoms with Crippen LogP contribution in [0.2, 0.25) is 5.02 Å². The summed E-state index contributed by atoms with van der Waals surface area (Å²) in [5.41, 5.74) is 1.80. The van der Waals surface area contributed by atoms with Gasteiger partial charge >= 0.3 is 12.1 Å². The van der Waals surface area contributed by atoms with Crippen molar-refractivity contribution in [3.05, 3.63) is 53.3 Å². The molecule has 3 rings (SSSR count). The Morgan fingerprint density at radius 3 is 2.45 bits per heavy atom. The summed E-state index contributed by atoms with van der Waals surface area (Å²) >= 11 is 6.17. The Hall–Kier alpha value is -3.26. The molecule has 0 saturated heterocycles. The maximum absolute atomic E-state index is 12.2. The summed E-state index contributed by atoms with van der Waals surface area (Å²) in [6.07, 6.45) is 0.827. The molecule has 1 amide bonds. The quantitative estimate of drug-likeness (QED) is 0.590. The number of imidazole rings is 1. The summed E-state index contributed by atoms with van der Waals surface area (Å²) in [7, 11) is 1.58. The predicted octanol–water partition coefficient (Wildman–Crippen LogP) is 4.18. The van der Waals surface area contributed by atoms with Crippen LogP contribution in [-0.4, -0.2) is 45.3 Å². The third kappa shape index (κ3) is 5.46. The molecule has 2 N–H and O–H groups in total. The molecule has 0 aliphatic carbocycles. The zero-order chi connectivity index (χ0) is 22.8. The van der Waals surface area contributed by atoms with Crippen LogP contribution in [0.25, 0.3) is 16.9 Å². The average Bonchev–Trinajstić information content (AvgIpc) is 3.03. The van der Waals surface area contributed by atoms with Gasteiger partial charge in [0.25, 0.3) is 0 Å². The molecule has 0 spiro atoms. The van der Waals surface area contributed by atoms with Crippen LogP contribution in [0.5, 0.6) is 5.75 Å². The first kappa shape index (κ1) is 22.4. The van der Waals surface area contributed by atoms with Crippen molar-refractivity contribution < 1.29 is 24.2 Å². The van der Waals surface area contributed by atoms with Gasteiger partial charge < -0.3 is 24.3 Å². The van der Waals surface area contributed by atoms with Gasteiger partial charge in [-0.1, -0.05) is 11.6 Å². The largest absolute Gasteiger partial charge is 0.497 e. The lowest BCUT2D eigenvalue weighted by Crippen LogP contribution is -2.44. The van der Waals surface area contributed by atoms with Crippen LogP contribution in [-0.2, 0) is 16.0 Å². The third-order valence-corrected chi connectivity index (χ3v) is 4.65. The summed E-state index contributed by atoms with van der Waals surface area (Å²) in [6.45, 7) is 5.11. The van der Waals surface area contributed by atoms with E-state index in [-0.39, 0.29) is 6.42 Å². The van der Waals surface area contributed by atoms with Crippen molar-refractivity contribution in [2.24, 2.45) is 0 Å². The zero-order valence-electron chi connectivity index (χ0n) is 17.7. The number of aliphatic carboxylic acids is 1. The molecule has 1 unspecified atom stereocenters. The number of carboxylic acids is 1. The minimum absolute atomic E-state index is 0.0303. The van der Waals surface area contributed by atoms with Crippen LogP contribution in [0.4, 0.5) is 4.79 Å². The standard InChI is InChI=1S/C22H24ClN3O5/c1-22(2,3)31-21(29)24-16(20(27)28)11-17-19(13-5-8-15(30-4)9-6-13)25-18-10-7-14(23)12-26(17)18/h5-10,12,16H,11H2,1-4H3,(H,24,29)(H,27,28). The van der Waals surface area contributed by atoms with Gasteiger partial charge in [-0.15, -0.1) is 0 Å². The number of halogens is 1. The van der Waals surface area contributed by atoms with Gasteiger partial charge in [-0.3, -0.25) is 0 Å². The van der Waals surface area contributed by atoms with E-state index in [1.807, 2.05) is 12.1 Å². The highest BCUT2D eigenvalue weighted by atomic mass is 35.5. The molecular weight excluding hydrogens is 422 g/mol. The SMILES string of the molecule is COc1ccc(-c2nc3ccc(Cl)cn3c2CC(NC(=O)OC(C)(C)C)C(=O)O)cc1. The molecule has 2 aromatic heterocycles. The molecule has 164 valence electrons. The Kier molecular flexibility index (Phi) is 6.40. The second-order valence-corrected chi connectivity index (χ2v) is 8.39. The Bertz CT molecular complexity index is 1100. The third-order valence-electron chi connectivity index (χ3n) is 4.43. The number of alkyl carbamates (subject to hydrolysis) is 1. The summed E-state index contributed by atoms with van der Waals surface area (Å²) in [5.74, 6) is -0.504. The monoisotopic (exact) mass is 445 g/mol. The molecule has 2 heterocycles. The highest BCUT2D eigenvalue weighted by Crippen LogP contribution is 2.28. The smallest absolute Gasteiger partial charge is 0.408 e. The summed E-state index contributed by atoms with van der Waals surface area (Å²) in [4.78, 5) is 28.8. The number of amides is 1. The molecule has 0 saturated carbocycles. The van der Waals surface area contributed by atoms with Crippen LogP contribution < -0.4 is 10.1 Å². The fourth-order valence-electron chi connectivity index (χ4n) is 3.09. The number of hydrogen-bond donors (Lipinski definition) is 2. The van der Waals surface area contributed by atoms with Crippen LogP contribution in [0, 0.1) is 0 Å². The molecule has 0 aliphatic rings. The number of nitrogens with one attached hydrogen (secondary N) is 1.